The minimum Gasteiger partial charge on any atom is -0.481 e. The molecule has 0 saturated carbocycles. The highest BCUT2D eigenvalue weighted by Crippen LogP contribution is 2.18. The Bertz CT molecular complexity index is 459. The predicted molar refractivity (Wildman–Crippen MR) is 74.8 cm³/mol. The zero-order valence-electron chi connectivity index (χ0n) is 12.2. The highest BCUT2D eigenvalue weighted by Gasteiger charge is 2.17. The van der Waals surface area contributed by atoms with E-state index in [0.29, 0.717) is 6.42 Å². The van der Waals surface area contributed by atoms with Gasteiger partial charge in [-0.25, -0.2) is 9.97 Å². The SMILES string of the molecule is Cc1nc(CC2CCCCO2)nc(C)c1CCC(=O)O. The lowest BCUT2D eigenvalue weighted by Crippen LogP contribution is -2.23. The van der Waals surface area contributed by atoms with Crippen LogP contribution < -0.4 is 0 Å². The second-order valence-electron chi connectivity index (χ2n) is 5.38. The fourth-order valence-corrected chi connectivity index (χ4v) is 2.67. The van der Waals surface area contributed by atoms with Crippen molar-refractivity contribution < 1.29 is 14.6 Å². The summed E-state index contributed by atoms with van der Waals surface area (Å²) in [6, 6.07) is 0. The molecule has 2 heterocycles. The van der Waals surface area contributed by atoms with Gasteiger partial charge in [-0.1, -0.05) is 0 Å². The average molecular weight is 278 g/mol. The molecule has 110 valence electrons. The number of carboxylic acid groups (broad SMARTS) is 1. The average Bonchev–Trinajstić information content (AvgIpc) is 2.38. The molecule has 5 nitrogen and oxygen atoms in total. The number of rotatable bonds is 5. The van der Waals surface area contributed by atoms with Crippen LogP contribution >= 0.6 is 0 Å². The van der Waals surface area contributed by atoms with Gasteiger partial charge < -0.3 is 9.84 Å². The molecular weight excluding hydrogens is 256 g/mol. The summed E-state index contributed by atoms with van der Waals surface area (Å²) in [6.07, 6.45) is 5.02. The number of aromatic nitrogens is 2. The van der Waals surface area contributed by atoms with Gasteiger partial charge in [-0.05, 0) is 45.1 Å². The lowest BCUT2D eigenvalue weighted by atomic mass is 10.0. The van der Waals surface area contributed by atoms with E-state index in [4.69, 9.17) is 9.84 Å². The molecule has 2 rings (SSSR count). The molecule has 1 saturated heterocycles. The van der Waals surface area contributed by atoms with Crippen LogP contribution in [0.5, 0.6) is 0 Å². The molecule has 1 atom stereocenters. The molecule has 0 spiro atoms. The van der Waals surface area contributed by atoms with Gasteiger partial charge in [0, 0.05) is 30.8 Å². The van der Waals surface area contributed by atoms with E-state index in [1.807, 2.05) is 13.8 Å². The van der Waals surface area contributed by atoms with E-state index in [2.05, 4.69) is 9.97 Å². The van der Waals surface area contributed by atoms with Gasteiger partial charge >= 0.3 is 5.97 Å². The van der Waals surface area contributed by atoms with Crippen molar-refractivity contribution in [2.45, 2.75) is 58.5 Å². The number of hydrogen-bond donors (Lipinski definition) is 1. The van der Waals surface area contributed by atoms with Crippen LogP contribution in [0.3, 0.4) is 0 Å². The Morgan fingerprint density at radius 2 is 2.00 bits per heavy atom. The van der Waals surface area contributed by atoms with Crippen LogP contribution in [0, 0.1) is 13.8 Å². The van der Waals surface area contributed by atoms with Gasteiger partial charge in [0.15, 0.2) is 0 Å². The van der Waals surface area contributed by atoms with Crippen molar-refractivity contribution in [2.75, 3.05) is 6.61 Å². The van der Waals surface area contributed by atoms with Crippen LogP contribution in [0.25, 0.3) is 0 Å². The molecule has 1 aromatic heterocycles. The lowest BCUT2D eigenvalue weighted by Gasteiger charge is -2.22. The van der Waals surface area contributed by atoms with Crippen molar-refractivity contribution >= 4 is 5.97 Å². The van der Waals surface area contributed by atoms with Gasteiger partial charge in [0.1, 0.15) is 5.82 Å². The highest BCUT2D eigenvalue weighted by atomic mass is 16.5. The molecule has 20 heavy (non-hydrogen) atoms. The van der Waals surface area contributed by atoms with Crippen LogP contribution in [-0.4, -0.2) is 33.8 Å². The summed E-state index contributed by atoms with van der Waals surface area (Å²) in [4.78, 5) is 19.7. The summed E-state index contributed by atoms with van der Waals surface area (Å²) in [5, 5.41) is 8.77. The Hall–Kier alpha value is -1.49. The summed E-state index contributed by atoms with van der Waals surface area (Å²) < 4.78 is 5.71. The molecule has 1 aromatic rings. The van der Waals surface area contributed by atoms with Crippen molar-refractivity contribution in [3.63, 3.8) is 0 Å². The van der Waals surface area contributed by atoms with Crippen molar-refractivity contribution in [2.24, 2.45) is 0 Å². The fourth-order valence-electron chi connectivity index (χ4n) is 2.67. The first-order valence-corrected chi connectivity index (χ1v) is 7.22. The number of hydrogen-bond acceptors (Lipinski definition) is 4. The maximum Gasteiger partial charge on any atom is 0.303 e. The molecule has 0 aromatic carbocycles. The molecule has 0 radical (unpaired) electrons. The minimum absolute atomic E-state index is 0.121. The number of carboxylic acids is 1. The highest BCUT2D eigenvalue weighted by molar-refractivity contribution is 5.67. The summed E-state index contributed by atoms with van der Waals surface area (Å²) in [5.41, 5.74) is 2.75. The van der Waals surface area contributed by atoms with Crippen LogP contribution in [0.15, 0.2) is 0 Å². The van der Waals surface area contributed by atoms with E-state index < -0.39 is 5.97 Å². The number of aryl methyl sites for hydroxylation is 2. The monoisotopic (exact) mass is 278 g/mol. The van der Waals surface area contributed by atoms with Gasteiger partial charge in [0.2, 0.25) is 0 Å². The predicted octanol–water partition coefficient (Wildman–Crippen LogP) is 2.22. The third kappa shape index (κ3) is 4.00. The third-order valence-corrected chi connectivity index (χ3v) is 3.74. The molecule has 1 N–H and O–H groups in total. The normalized spacial score (nSPS) is 19.0. The second-order valence-corrected chi connectivity index (χ2v) is 5.38. The van der Waals surface area contributed by atoms with Gasteiger partial charge in [-0.3, -0.25) is 4.79 Å². The second kappa shape index (κ2) is 6.79. The number of carbonyl (C=O) groups is 1. The van der Waals surface area contributed by atoms with Gasteiger partial charge in [-0.2, -0.15) is 0 Å². The topological polar surface area (TPSA) is 72.3 Å². The molecule has 1 unspecified atom stereocenters. The van der Waals surface area contributed by atoms with E-state index in [-0.39, 0.29) is 12.5 Å². The number of aliphatic carboxylic acids is 1. The van der Waals surface area contributed by atoms with E-state index in [1.165, 1.54) is 6.42 Å². The Morgan fingerprint density at radius 3 is 2.55 bits per heavy atom. The summed E-state index contributed by atoms with van der Waals surface area (Å²) >= 11 is 0. The number of nitrogens with zero attached hydrogens (tertiary/aromatic N) is 2. The molecule has 0 amide bonds. The van der Waals surface area contributed by atoms with Gasteiger partial charge in [0.25, 0.3) is 0 Å². The maximum atomic E-state index is 10.7. The van der Waals surface area contributed by atoms with Crippen LogP contribution in [0.1, 0.15) is 48.5 Å². The zero-order valence-corrected chi connectivity index (χ0v) is 12.2. The summed E-state index contributed by atoms with van der Waals surface area (Å²) in [7, 11) is 0. The van der Waals surface area contributed by atoms with Crippen molar-refractivity contribution in [1.29, 1.82) is 0 Å². The molecule has 1 aliphatic rings. The van der Waals surface area contributed by atoms with E-state index in [1.54, 1.807) is 0 Å². The van der Waals surface area contributed by atoms with Crippen LogP contribution in [-0.2, 0) is 22.4 Å². The summed E-state index contributed by atoms with van der Waals surface area (Å²) in [6.45, 7) is 4.69. The smallest absolute Gasteiger partial charge is 0.303 e. The van der Waals surface area contributed by atoms with Gasteiger partial charge in [-0.15, -0.1) is 0 Å². The van der Waals surface area contributed by atoms with Crippen LogP contribution in [0.2, 0.25) is 0 Å². The minimum atomic E-state index is -0.788. The van der Waals surface area contributed by atoms with E-state index in [9.17, 15) is 4.79 Å². The van der Waals surface area contributed by atoms with Crippen molar-refractivity contribution in [3.8, 4) is 0 Å². The Kier molecular flexibility index (Phi) is 5.06. The Balaban J connectivity index is 2.06. The quantitative estimate of drug-likeness (QED) is 0.894. The van der Waals surface area contributed by atoms with E-state index in [0.717, 1.165) is 48.6 Å². The Labute approximate surface area is 119 Å². The molecule has 1 aliphatic heterocycles. The van der Waals surface area contributed by atoms with E-state index >= 15 is 0 Å². The largest absolute Gasteiger partial charge is 0.481 e. The maximum absolute atomic E-state index is 10.7. The molecule has 0 aliphatic carbocycles. The molecule has 5 heteroatoms. The first-order valence-electron chi connectivity index (χ1n) is 7.22. The lowest BCUT2D eigenvalue weighted by molar-refractivity contribution is -0.136. The zero-order chi connectivity index (χ0) is 14.5. The van der Waals surface area contributed by atoms with Crippen molar-refractivity contribution in [3.05, 3.63) is 22.8 Å². The summed E-state index contributed by atoms with van der Waals surface area (Å²) in [5.74, 6) is 0.0226. The van der Waals surface area contributed by atoms with Gasteiger partial charge in [0.05, 0.1) is 6.10 Å². The van der Waals surface area contributed by atoms with Crippen molar-refractivity contribution in [1.82, 2.24) is 9.97 Å². The molecule has 0 bridgehead atoms. The molecule has 1 fully saturated rings. The Morgan fingerprint density at radius 1 is 1.30 bits per heavy atom. The first-order chi connectivity index (χ1) is 9.56. The fraction of sp³-hybridized carbons (Fsp3) is 0.667. The third-order valence-electron chi connectivity index (χ3n) is 3.74. The standard InChI is InChI=1S/C15H22N2O3/c1-10-13(6-7-15(18)19)11(2)17-14(16-10)9-12-5-3-4-8-20-12/h12H,3-9H2,1-2H3,(H,18,19). The number of ether oxygens (including phenoxy) is 1. The first kappa shape index (κ1) is 14.9. The molecular formula is C15H22N2O3. The van der Waals surface area contributed by atoms with Crippen LogP contribution in [0.4, 0.5) is 0 Å².